The average Bonchev–Trinajstić information content (AvgIpc) is 3.15. The van der Waals surface area contributed by atoms with E-state index in [1.54, 1.807) is 11.1 Å². The summed E-state index contributed by atoms with van der Waals surface area (Å²) in [6, 6.07) is 5.73. The zero-order valence-corrected chi connectivity index (χ0v) is 13.8. The molecule has 23 heavy (non-hydrogen) atoms. The second-order valence-corrected chi connectivity index (χ2v) is 6.64. The van der Waals surface area contributed by atoms with Crippen LogP contribution in [0.25, 0.3) is 11.4 Å². The van der Waals surface area contributed by atoms with Gasteiger partial charge >= 0.3 is 0 Å². The molecule has 1 aliphatic heterocycles. The van der Waals surface area contributed by atoms with E-state index in [2.05, 4.69) is 15.3 Å². The predicted octanol–water partition coefficient (Wildman–Crippen LogP) is 2.40. The van der Waals surface area contributed by atoms with Crippen LogP contribution in [0.4, 0.5) is 5.13 Å². The summed E-state index contributed by atoms with van der Waals surface area (Å²) in [7, 11) is 0. The lowest BCUT2D eigenvalue weighted by molar-refractivity contribution is -0.129. The van der Waals surface area contributed by atoms with Gasteiger partial charge in [-0.3, -0.25) is 14.6 Å². The second kappa shape index (κ2) is 6.45. The molecule has 0 aliphatic carbocycles. The van der Waals surface area contributed by atoms with Crippen molar-refractivity contribution in [3.8, 4) is 11.4 Å². The maximum absolute atomic E-state index is 12.3. The third kappa shape index (κ3) is 3.39. The van der Waals surface area contributed by atoms with Gasteiger partial charge in [0.15, 0.2) is 5.13 Å². The molecule has 2 aromatic rings. The van der Waals surface area contributed by atoms with Gasteiger partial charge < -0.3 is 10.2 Å². The smallest absolute Gasteiger partial charge is 0.231 e. The number of likely N-dealkylation sites (tertiary alicyclic amines) is 1. The Hall–Kier alpha value is -2.28. The van der Waals surface area contributed by atoms with Gasteiger partial charge in [0.05, 0.1) is 11.6 Å². The van der Waals surface area contributed by atoms with E-state index in [1.165, 1.54) is 11.3 Å². The van der Waals surface area contributed by atoms with Gasteiger partial charge in [0.25, 0.3) is 0 Å². The van der Waals surface area contributed by atoms with Crippen LogP contribution in [-0.2, 0) is 9.59 Å². The van der Waals surface area contributed by atoms with Crippen molar-refractivity contribution >= 4 is 28.3 Å². The first-order valence-corrected chi connectivity index (χ1v) is 8.40. The average molecular weight is 330 g/mol. The molecule has 2 aromatic heterocycles. The molecule has 0 radical (unpaired) electrons. The summed E-state index contributed by atoms with van der Waals surface area (Å²) in [5.41, 5.74) is 1.50. The first kappa shape index (κ1) is 15.6. The van der Waals surface area contributed by atoms with E-state index in [0.717, 1.165) is 11.4 Å². The molecule has 120 valence electrons. The third-order valence-corrected chi connectivity index (χ3v) is 4.57. The van der Waals surface area contributed by atoms with Crippen molar-refractivity contribution in [2.24, 2.45) is 5.92 Å². The van der Waals surface area contributed by atoms with E-state index in [9.17, 15) is 9.59 Å². The van der Waals surface area contributed by atoms with Crippen LogP contribution in [0.3, 0.4) is 0 Å². The van der Waals surface area contributed by atoms with E-state index >= 15 is 0 Å². The molecule has 0 saturated carbocycles. The number of carbonyl (C=O) groups excluding carboxylic acids is 2. The highest BCUT2D eigenvalue weighted by atomic mass is 32.1. The Morgan fingerprint density at radius 2 is 2.22 bits per heavy atom. The van der Waals surface area contributed by atoms with Gasteiger partial charge in [0.2, 0.25) is 11.8 Å². The van der Waals surface area contributed by atoms with E-state index in [4.69, 9.17) is 0 Å². The van der Waals surface area contributed by atoms with Crippen LogP contribution in [-0.4, -0.2) is 39.3 Å². The summed E-state index contributed by atoms with van der Waals surface area (Å²) in [5.74, 6) is -0.427. The summed E-state index contributed by atoms with van der Waals surface area (Å²) in [4.78, 5) is 34.6. The molecule has 1 fully saturated rings. The molecule has 2 amide bonds. The maximum Gasteiger partial charge on any atom is 0.231 e. The van der Waals surface area contributed by atoms with Gasteiger partial charge in [0, 0.05) is 30.6 Å². The minimum atomic E-state index is -0.313. The lowest BCUT2D eigenvalue weighted by atomic mass is 10.1. The van der Waals surface area contributed by atoms with Crippen molar-refractivity contribution in [1.82, 2.24) is 14.9 Å². The minimum Gasteiger partial charge on any atom is -0.339 e. The maximum atomic E-state index is 12.3. The second-order valence-electron chi connectivity index (χ2n) is 5.78. The highest BCUT2D eigenvalue weighted by Crippen LogP contribution is 2.25. The lowest BCUT2D eigenvalue weighted by Crippen LogP contribution is -2.33. The zero-order valence-electron chi connectivity index (χ0n) is 13.0. The number of nitrogens with zero attached hydrogens (tertiary/aromatic N) is 3. The molecule has 3 heterocycles. The first-order valence-electron chi connectivity index (χ1n) is 7.52. The molecule has 6 nitrogen and oxygen atoms in total. The molecule has 0 spiro atoms. The number of nitrogens with one attached hydrogen (secondary N) is 1. The molecule has 7 heteroatoms. The van der Waals surface area contributed by atoms with Gasteiger partial charge in [-0.05, 0) is 26.0 Å². The number of hydrogen-bond donors (Lipinski definition) is 1. The molecular formula is C16H18N4O2S. The predicted molar refractivity (Wildman–Crippen MR) is 88.9 cm³/mol. The SMILES string of the molecule is CC(C)N1C[C@@H](C(=O)Nc2nc(-c3ccccn3)cs2)CC1=O. The number of rotatable bonds is 4. The number of thiazole rings is 1. The fourth-order valence-corrected chi connectivity index (χ4v) is 3.28. The molecule has 1 atom stereocenters. The van der Waals surface area contributed by atoms with Gasteiger partial charge in [-0.15, -0.1) is 11.3 Å². The fraction of sp³-hybridized carbons (Fsp3) is 0.375. The summed E-state index contributed by atoms with van der Waals surface area (Å²) >= 11 is 1.36. The summed E-state index contributed by atoms with van der Waals surface area (Å²) < 4.78 is 0. The topological polar surface area (TPSA) is 75.2 Å². The zero-order chi connectivity index (χ0) is 16.4. The summed E-state index contributed by atoms with van der Waals surface area (Å²) in [6.07, 6.45) is 1.97. The van der Waals surface area contributed by atoms with Crippen molar-refractivity contribution in [3.63, 3.8) is 0 Å². The van der Waals surface area contributed by atoms with E-state index < -0.39 is 0 Å². The minimum absolute atomic E-state index is 0.0356. The third-order valence-electron chi connectivity index (χ3n) is 3.81. The van der Waals surface area contributed by atoms with E-state index in [0.29, 0.717) is 11.7 Å². The molecule has 3 rings (SSSR count). The largest absolute Gasteiger partial charge is 0.339 e. The molecule has 1 N–H and O–H groups in total. The van der Waals surface area contributed by atoms with Crippen molar-refractivity contribution in [1.29, 1.82) is 0 Å². The van der Waals surface area contributed by atoms with Crippen LogP contribution in [0.1, 0.15) is 20.3 Å². The van der Waals surface area contributed by atoms with Gasteiger partial charge in [-0.25, -0.2) is 4.98 Å². The van der Waals surface area contributed by atoms with Gasteiger partial charge in [-0.2, -0.15) is 0 Å². The van der Waals surface area contributed by atoms with Gasteiger partial charge in [-0.1, -0.05) is 6.07 Å². The number of hydrogen-bond acceptors (Lipinski definition) is 5. The van der Waals surface area contributed by atoms with Crippen molar-refractivity contribution in [2.75, 3.05) is 11.9 Å². The fourth-order valence-electron chi connectivity index (χ4n) is 2.58. The Labute approximate surface area is 138 Å². The van der Waals surface area contributed by atoms with Crippen LogP contribution in [0.2, 0.25) is 0 Å². The van der Waals surface area contributed by atoms with Crippen LogP contribution in [0.5, 0.6) is 0 Å². The van der Waals surface area contributed by atoms with Crippen LogP contribution < -0.4 is 5.32 Å². The van der Waals surface area contributed by atoms with Crippen LogP contribution in [0, 0.1) is 5.92 Å². The number of aromatic nitrogens is 2. The van der Waals surface area contributed by atoms with Crippen molar-refractivity contribution in [3.05, 3.63) is 29.8 Å². The molecule has 0 bridgehead atoms. The van der Waals surface area contributed by atoms with E-state index in [1.807, 2.05) is 37.4 Å². The van der Waals surface area contributed by atoms with Crippen molar-refractivity contribution < 1.29 is 9.59 Å². The quantitative estimate of drug-likeness (QED) is 0.934. The molecule has 1 saturated heterocycles. The Bertz CT molecular complexity index is 714. The van der Waals surface area contributed by atoms with Gasteiger partial charge in [0.1, 0.15) is 5.69 Å². The highest BCUT2D eigenvalue weighted by Gasteiger charge is 2.35. The lowest BCUT2D eigenvalue weighted by Gasteiger charge is -2.20. The summed E-state index contributed by atoms with van der Waals surface area (Å²) in [6.45, 7) is 4.39. The number of anilines is 1. The van der Waals surface area contributed by atoms with Crippen LogP contribution in [0.15, 0.2) is 29.8 Å². The standard InChI is InChI=1S/C16H18N4O2S/c1-10(2)20-8-11(7-14(20)21)15(22)19-16-18-13(9-23-16)12-5-3-4-6-17-12/h3-6,9-11H,7-8H2,1-2H3,(H,18,19,22)/t11-/m0/s1. The highest BCUT2D eigenvalue weighted by molar-refractivity contribution is 7.14. The molecule has 1 aliphatic rings. The Kier molecular flexibility index (Phi) is 4.38. The Morgan fingerprint density at radius 3 is 2.87 bits per heavy atom. The normalized spacial score (nSPS) is 17.8. The summed E-state index contributed by atoms with van der Waals surface area (Å²) in [5, 5.41) is 5.21. The van der Waals surface area contributed by atoms with E-state index in [-0.39, 0.29) is 30.2 Å². The molecule has 0 unspecified atom stereocenters. The first-order chi connectivity index (χ1) is 11.0. The number of carbonyl (C=O) groups is 2. The number of pyridine rings is 1. The number of amides is 2. The Balaban J connectivity index is 1.65. The van der Waals surface area contributed by atoms with Crippen LogP contribution >= 0.6 is 11.3 Å². The monoisotopic (exact) mass is 330 g/mol. The molecule has 0 aromatic carbocycles. The Morgan fingerprint density at radius 1 is 1.39 bits per heavy atom. The van der Waals surface area contributed by atoms with Crippen molar-refractivity contribution in [2.45, 2.75) is 26.3 Å². The molecular weight excluding hydrogens is 312 g/mol.